The molecule has 252 valence electrons. The molecule has 2 N–H and O–H groups in total. The number of hydrogen-bond donors (Lipinski definition) is 2. The Bertz CT molecular complexity index is 1130. The molecule has 0 fully saturated rings. The third-order valence-corrected chi connectivity index (χ3v) is 13.3. The predicted molar refractivity (Wildman–Crippen MR) is 184 cm³/mol. The van der Waals surface area contributed by atoms with E-state index in [1.165, 1.54) is 5.57 Å². The summed E-state index contributed by atoms with van der Waals surface area (Å²) in [6.45, 7) is 20.6. The highest BCUT2D eigenvalue weighted by molar-refractivity contribution is 6.74. The molecule has 0 aliphatic carbocycles. The average molecular weight is 643 g/mol. The van der Waals surface area contributed by atoms with Crippen molar-refractivity contribution in [2.75, 3.05) is 13.7 Å². The molecule has 0 aromatic rings. The van der Waals surface area contributed by atoms with E-state index >= 15 is 0 Å². The van der Waals surface area contributed by atoms with Gasteiger partial charge in [0.15, 0.2) is 8.32 Å². The van der Waals surface area contributed by atoms with Crippen LogP contribution < -0.4 is 0 Å². The maximum atomic E-state index is 10.9. The fourth-order valence-corrected chi connectivity index (χ4v) is 6.59. The number of aliphatic hydroxyl groups is 1. The second kappa shape index (κ2) is 18.8. The van der Waals surface area contributed by atoms with Gasteiger partial charge in [-0.1, -0.05) is 93.9 Å². The summed E-state index contributed by atoms with van der Waals surface area (Å²) in [5.41, 5.74) is 2.44. The van der Waals surface area contributed by atoms with Crippen LogP contribution in [0.5, 0.6) is 0 Å². The topological polar surface area (TPSA) is 94.5 Å². The SMILES string of the molecule is C=C(CC(C=CC[C@H](O)[C@H](C=C[C@@H]1CC(C)=CCO1)OC)O[Si](C)(C)C(C)(C)C)C[C@H](C)C[C@@H]1CC=C[C@@H](CC#CC(=O)O)O1. The summed E-state index contributed by atoms with van der Waals surface area (Å²) in [5.74, 6) is 4.08. The molecule has 0 aromatic heterocycles. The maximum absolute atomic E-state index is 10.9. The lowest BCUT2D eigenvalue weighted by Gasteiger charge is -2.39. The van der Waals surface area contributed by atoms with Crippen LogP contribution in [0.15, 0.2) is 60.3 Å². The van der Waals surface area contributed by atoms with Gasteiger partial charge in [0.2, 0.25) is 0 Å². The Kier molecular flexibility index (Phi) is 16.2. The van der Waals surface area contributed by atoms with Crippen LogP contribution in [0.3, 0.4) is 0 Å². The summed E-state index contributed by atoms with van der Waals surface area (Å²) >= 11 is 0. The molecule has 8 heteroatoms. The summed E-state index contributed by atoms with van der Waals surface area (Å²) in [7, 11) is -0.447. The van der Waals surface area contributed by atoms with Crippen molar-refractivity contribution in [3.05, 3.63) is 60.3 Å². The minimum atomic E-state index is -2.06. The van der Waals surface area contributed by atoms with Gasteiger partial charge >= 0.3 is 5.97 Å². The van der Waals surface area contributed by atoms with Crippen LogP contribution in [-0.4, -0.2) is 74.8 Å². The number of carboxylic acid groups (broad SMARTS) is 1. The fourth-order valence-electron chi connectivity index (χ4n) is 5.32. The largest absolute Gasteiger partial charge is 0.472 e. The smallest absolute Gasteiger partial charge is 0.381 e. The lowest BCUT2D eigenvalue weighted by molar-refractivity contribution is -0.130. The molecule has 0 aromatic carbocycles. The first-order chi connectivity index (χ1) is 21.1. The Labute approximate surface area is 273 Å². The Morgan fingerprint density at radius 2 is 2.00 bits per heavy atom. The molecule has 0 saturated carbocycles. The van der Waals surface area contributed by atoms with Crippen molar-refractivity contribution >= 4 is 14.3 Å². The van der Waals surface area contributed by atoms with E-state index in [4.69, 9.17) is 23.7 Å². The molecular formula is C37H58O7Si. The maximum Gasteiger partial charge on any atom is 0.381 e. The summed E-state index contributed by atoms with van der Waals surface area (Å²) in [4.78, 5) is 10.7. The van der Waals surface area contributed by atoms with Crippen molar-refractivity contribution in [3.63, 3.8) is 0 Å². The summed E-state index contributed by atoms with van der Waals surface area (Å²) < 4.78 is 24.4. The van der Waals surface area contributed by atoms with E-state index in [2.05, 4.69) is 84.4 Å². The second-order valence-electron chi connectivity index (χ2n) is 14.1. The molecule has 0 spiro atoms. The Morgan fingerprint density at radius 3 is 2.64 bits per heavy atom. The van der Waals surface area contributed by atoms with E-state index in [9.17, 15) is 9.90 Å². The minimum Gasteiger partial charge on any atom is -0.472 e. The number of methoxy groups -OCH3 is 1. The zero-order valence-corrected chi connectivity index (χ0v) is 29.9. The molecule has 7 nitrogen and oxygen atoms in total. The Balaban J connectivity index is 1.98. The summed E-state index contributed by atoms with van der Waals surface area (Å²) in [5, 5.41) is 19.8. The van der Waals surface area contributed by atoms with Crippen LogP contribution >= 0.6 is 0 Å². The Hall–Kier alpha value is -2.25. The number of carbonyl (C=O) groups is 1. The van der Waals surface area contributed by atoms with E-state index in [0.29, 0.717) is 31.8 Å². The Morgan fingerprint density at radius 1 is 1.27 bits per heavy atom. The molecule has 2 rings (SSSR count). The molecule has 0 radical (unpaired) electrons. The first-order valence-corrected chi connectivity index (χ1v) is 19.2. The van der Waals surface area contributed by atoms with E-state index in [0.717, 1.165) is 31.3 Å². The van der Waals surface area contributed by atoms with E-state index in [-0.39, 0.29) is 29.5 Å². The predicted octanol–water partition coefficient (Wildman–Crippen LogP) is 7.54. The number of ether oxygens (including phenoxy) is 3. The van der Waals surface area contributed by atoms with Gasteiger partial charge in [0.25, 0.3) is 0 Å². The standard InChI is InChI=1S/C37H58O7Si/c1-27-21-22-42-31(24-27)19-20-35(41-7)34(38)17-11-16-33(44-45(8,9)37(4,5)6)26-29(3)23-28(2)25-32-15-10-13-30(43-32)14-12-18-36(39)40/h10-11,13,16,19-21,28,30-35,38H,3,14-15,17,22-26H2,1-2,4-9H3,(H,39,40)/t28-,30-,31+,32-,33?,34-,35-/m0/s1. The van der Waals surface area contributed by atoms with Gasteiger partial charge in [0.05, 0.1) is 37.1 Å². The van der Waals surface area contributed by atoms with Crippen molar-refractivity contribution in [2.24, 2.45) is 5.92 Å². The van der Waals surface area contributed by atoms with Gasteiger partial charge < -0.3 is 28.8 Å². The lowest BCUT2D eigenvalue weighted by atomic mass is 9.91. The molecule has 1 unspecified atom stereocenters. The third-order valence-electron chi connectivity index (χ3n) is 8.82. The van der Waals surface area contributed by atoms with E-state index < -0.39 is 26.5 Å². The lowest BCUT2D eigenvalue weighted by Crippen LogP contribution is -2.43. The normalized spacial score (nSPS) is 23.7. The molecule has 45 heavy (non-hydrogen) atoms. The van der Waals surface area contributed by atoms with Gasteiger partial charge in [0, 0.05) is 19.5 Å². The average Bonchev–Trinajstić information content (AvgIpc) is 2.92. The van der Waals surface area contributed by atoms with Crippen LogP contribution in [0, 0.1) is 17.8 Å². The minimum absolute atomic E-state index is 0.00635. The molecular weight excluding hydrogens is 584 g/mol. The number of aliphatic carboxylic acids is 1. The van der Waals surface area contributed by atoms with Crippen molar-refractivity contribution in [3.8, 4) is 11.8 Å². The molecule has 2 aliphatic heterocycles. The molecule has 2 aliphatic rings. The van der Waals surface area contributed by atoms with Crippen LogP contribution in [0.1, 0.15) is 79.6 Å². The van der Waals surface area contributed by atoms with Gasteiger partial charge in [-0.25, -0.2) is 4.79 Å². The number of carboxylic acids is 1. The molecule has 7 atom stereocenters. The first-order valence-electron chi connectivity index (χ1n) is 16.3. The van der Waals surface area contributed by atoms with Crippen molar-refractivity contribution < 1.29 is 33.6 Å². The van der Waals surface area contributed by atoms with E-state index in [1.807, 2.05) is 24.3 Å². The van der Waals surface area contributed by atoms with Crippen molar-refractivity contribution in [1.82, 2.24) is 0 Å². The zero-order chi connectivity index (χ0) is 33.6. The molecule has 0 amide bonds. The molecule has 0 saturated heterocycles. The monoisotopic (exact) mass is 642 g/mol. The number of hydrogen-bond acceptors (Lipinski definition) is 6. The van der Waals surface area contributed by atoms with Gasteiger partial charge in [-0.2, -0.15) is 0 Å². The van der Waals surface area contributed by atoms with Gasteiger partial charge in [-0.3, -0.25) is 0 Å². The zero-order valence-electron chi connectivity index (χ0n) is 28.9. The quantitative estimate of drug-likeness (QED) is 0.102. The highest BCUT2D eigenvalue weighted by Crippen LogP contribution is 2.38. The fraction of sp³-hybridized carbons (Fsp3) is 0.649. The number of rotatable bonds is 16. The second-order valence-corrected chi connectivity index (χ2v) is 18.9. The third kappa shape index (κ3) is 14.8. The first kappa shape index (κ1) is 38.9. The number of aliphatic hydroxyl groups excluding tert-OH is 1. The van der Waals surface area contributed by atoms with Crippen LogP contribution in [0.25, 0.3) is 0 Å². The van der Waals surface area contributed by atoms with Gasteiger partial charge in [-0.15, -0.1) is 0 Å². The highest BCUT2D eigenvalue weighted by Gasteiger charge is 2.39. The van der Waals surface area contributed by atoms with Crippen molar-refractivity contribution in [2.45, 2.75) is 134 Å². The van der Waals surface area contributed by atoms with Crippen molar-refractivity contribution in [1.29, 1.82) is 0 Å². The van der Waals surface area contributed by atoms with Crippen LogP contribution in [-0.2, 0) is 23.4 Å². The summed E-state index contributed by atoms with van der Waals surface area (Å²) in [6.07, 6.45) is 17.8. The summed E-state index contributed by atoms with van der Waals surface area (Å²) in [6, 6.07) is 0. The van der Waals surface area contributed by atoms with E-state index in [1.54, 1.807) is 7.11 Å². The van der Waals surface area contributed by atoms with Crippen LogP contribution in [0.2, 0.25) is 18.1 Å². The highest BCUT2D eigenvalue weighted by atomic mass is 28.4. The van der Waals surface area contributed by atoms with Crippen LogP contribution in [0.4, 0.5) is 0 Å². The van der Waals surface area contributed by atoms with Gasteiger partial charge in [0.1, 0.15) is 6.10 Å². The molecule has 2 heterocycles. The van der Waals surface area contributed by atoms with Gasteiger partial charge in [-0.05, 0) is 69.5 Å². The molecule has 0 bridgehead atoms.